The fourth-order valence-corrected chi connectivity index (χ4v) is 8.77. The van der Waals surface area contributed by atoms with Gasteiger partial charge in [-0.05, 0) is 119 Å². The van der Waals surface area contributed by atoms with Gasteiger partial charge in [-0.1, -0.05) is 38.3 Å². The molecule has 7 unspecified atom stereocenters. The van der Waals surface area contributed by atoms with Crippen LogP contribution < -0.4 is 0 Å². The quantitative estimate of drug-likeness (QED) is 0.198. The molecule has 0 saturated heterocycles. The van der Waals surface area contributed by atoms with Gasteiger partial charge in [0.2, 0.25) is 0 Å². The second kappa shape index (κ2) is 10.4. The van der Waals surface area contributed by atoms with Crippen LogP contribution in [-0.4, -0.2) is 43.4 Å². The van der Waals surface area contributed by atoms with Gasteiger partial charge in [-0.3, -0.25) is 0 Å². The van der Waals surface area contributed by atoms with Gasteiger partial charge in [0.25, 0.3) is 0 Å². The molecular formula is C31H54O4. The largest absolute Gasteiger partial charge is 0.390 e. The molecule has 0 amide bonds. The molecule has 0 spiro atoms. The first-order valence-electron chi connectivity index (χ1n) is 14.6. The molecule has 3 saturated carbocycles. The summed E-state index contributed by atoms with van der Waals surface area (Å²) in [7, 11) is 3.38. The van der Waals surface area contributed by atoms with Gasteiger partial charge in [-0.2, -0.15) is 0 Å². The van der Waals surface area contributed by atoms with Gasteiger partial charge >= 0.3 is 0 Å². The summed E-state index contributed by atoms with van der Waals surface area (Å²) in [6.07, 6.45) is 18.1. The fourth-order valence-electron chi connectivity index (χ4n) is 8.77. The highest BCUT2D eigenvalue weighted by atomic mass is 16.7. The Labute approximate surface area is 215 Å². The van der Waals surface area contributed by atoms with E-state index < -0.39 is 11.4 Å². The third-order valence-electron chi connectivity index (χ3n) is 11.3. The molecular weight excluding hydrogens is 436 g/mol. The Morgan fingerprint density at radius 3 is 2.40 bits per heavy atom. The third-order valence-corrected chi connectivity index (χ3v) is 11.3. The SMILES string of the molecule is COC(C)(COC1CCC2(C)C(=CCC3C2CCC2(C)C(CCCCC(C)(C)O)CCC32)C1)OC. The summed E-state index contributed by atoms with van der Waals surface area (Å²) in [5.41, 5.74) is 2.05. The summed E-state index contributed by atoms with van der Waals surface area (Å²) in [5.74, 6) is 2.83. The lowest BCUT2D eigenvalue weighted by Gasteiger charge is -2.58. The molecule has 4 aliphatic rings. The van der Waals surface area contributed by atoms with Crippen molar-refractivity contribution in [3.63, 3.8) is 0 Å². The number of rotatable bonds is 10. The molecule has 35 heavy (non-hydrogen) atoms. The Balaban J connectivity index is 1.38. The lowest BCUT2D eigenvalue weighted by atomic mass is 9.47. The van der Waals surface area contributed by atoms with Gasteiger partial charge in [-0.15, -0.1) is 0 Å². The van der Waals surface area contributed by atoms with Crippen molar-refractivity contribution >= 4 is 0 Å². The molecule has 4 rings (SSSR count). The van der Waals surface area contributed by atoms with Gasteiger partial charge in [-0.25, -0.2) is 0 Å². The molecule has 202 valence electrons. The summed E-state index contributed by atoms with van der Waals surface area (Å²) in [5, 5.41) is 10.1. The molecule has 0 aliphatic heterocycles. The molecule has 4 nitrogen and oxygen atoms in total. The summed E-state index contributed by atoms with van der Waals surface area (Å²) < 4.78 is 17.3. The van der Waals surface area contributed by atoms with Gasteiger partial charge in [0.15, 0.2) is 5.79 Å². The molecule has 0 heterocycles. The third kappa shape index (κ3) is 5.56. The van der Waals surface area contributed by atoms with E-state index in [2.05, 4.69) is 19.9 Å². The molecule has 0 aromatic heterocycles. The van der Waals surface area contributed by atoms with E-state index in [4.69, 9.17) is 14.2 Å². The average molecular weight is 491 g/mol. The first kappa shape index (κ1) is 27.6. The van der Waals surface area contributed by atoms with Crippen LogP contribution in [0.5, 0.6) is 0 Å². The summed E-state index contributed by atoms with van der Waals surface area (Å²) in [4.78, 5) is 0. The van der Waals surface area contributed by atoms with Crippen LogP contribution in [0.2, 0.25) is 0 Å². The van der Waals surface area contributed by atoms with E-state index in [0.717, 1.165) is 49.4 Å². The normalized spacial score (nSPS) is 39.5. The van der Waals surface area contributed by atoms with Crippen molar-refractivity contribution in [2.45, 2.75) is 129 Å². The number of methoxy groups -OCH3 is 2. The molecule has 0 bridgehead atoms. The van der Waals surface area contributed by atoms with Gasteiger partial charge < -0.3 is 19.3 Å². The van der Waals surface area contributed by atoms with Crippen molar-refractivity contribution in [2.24, 2.45) is 34.5 Å². The van der Waals surface area contributed by atoms with E-state index in [1.54, 1.807) is 19.8 Å². The van der Waals surface area contributed by atoms with E-state index in [1.807, 2.05) is 20.8 Å². The number of allylic oxidation sites excluding steroid dienone is 1. The lowest BCUT2D eigenvalue weighted by molar-refractivity contribution is -0.231. The van der Waals surface area contributed by atoms with Crippen LogP contribution in [0.15, 0.2) is 11.6 Å². The van der Waals surface area contributed by atoms with E-state index >= 15 is 0 Å². The van der Waals surface area contributed by atoms with Crippen LogP contribution in [0.1, 0.15) is 112 Å². The maximum Gasteiger partial charge on any atom is 0.188 e. The van der Waals surface area contributed by atoms with Crippen molar-refractivity contribution in [3.8, 4) is 0 Å². The number of aliphatic hydroxyl groups is 1. The molecule has 0 aromatic rings. The van der Waals surface area contributed by atoms with Crippen molar-refractivity contribution in [2.75, 3.05) is 20.8 Å². The molecule has 1 N–H and O–H groups in total. The van der Waals surface area contributed by atoms with Crippen molar-refractivity contribution < 1.29 is 19.3 Å². The van der Waals surface area contributed by atoms with E-state index in [9.17, 15) is 5.11 Å². The van der Waals surface area contributed by atoms with Crippen LogP contribution in [-0.2, 0) is 14.2 Å². The lowest BCUT2D eigenvalue weighted by Crippen LogP contribution is -2.50. The predicted molar refractivity (Wildman–Crippen MR) is 142 cm³/mol. The van der Waals surface area contributed by atoms with Crippen molar-refractivity contribution in [1.82, 2.24) is 0 Å². The average Bonchev–Trinajstić information content (AvgIpc) is 3.15. The Kier molecular flexibility index (Phi) is 8.19. The van der Waals surface area contributed by atoms with Crippen LogP contribution in [0.4, 0.5) is 0 Å². The molecule has 0 radical (unpaired) electrons. The Bertz CT molecular complexity index is 750. The van der Waals surface area contributed by atoms with Crippen LogP contribution in [0, 0.1) is 34.5 Å². The van der Waals surface area contributed by atoms with Gasteiger partial charge in [0, 0.05) is 14.2 Å². The number of hydrogen-bond acceptors (Lipinski definition) is 4. The minimum atomic E-state index is -0.659. The smallest absolute Gasteiger partial charge is 0.188 e. The highest BCUT2D eigenvalue weighted by molar-refractivity contribution is 5.25. The Morgan fingerprint density at radius 2 is 1.71 bits per heavy atom. The maximum absolute atomic E-state index is 10.1. The standard InChI is InChI=1S/C31H54O4/c1-28(2,32)17-9-8-10-22-12-14-26-25-13-11-23-20-24(35-21-31(5,33-6)34-7)15-18-30(23,4)27(25)16-19-29(22,26)3/h11,22,24-27,32H,8-10,12-21H2,1-7H3. The second-order valence-electron chi connectivity index (χ2n) is 13.9. The highest BCUT2D eigenvalue weighted by Crippen LogP contribution is 2.66. The van der Waals surface area contributed by atoms with Gasteiger partial charge in [0.05, 0.1) is 11.7 Å². The predicted octanol–water partition coefficient (Wildman–Crippen LogP) is 7.29. The molecule has 0 aromatic carbocycles. The van der Waals surface area contributed by atoms with Crippen molar-refractivity contribution in [3.05, 3.63) is 11.6 Å². The van der Waals surface area contributed by atoms with Crippen LogP contribution in [0.3, 0.4) is 0 Å². The zero-order valence-electron chi connectivity index (χ0n) is 23.8. The monoisotopic (exact) mass is 490 g/mol. The number of fused-ring (bicyclic) bond motifs is 5. The van der Waals surface area contributed by atoms with Crippen LogP contribution in [0.25, 0.3) is 0 Å². The highest BCUT2D eigenvalue weighted by Gasteiger charge is 2.58. The summed E-state index contributed by atoms with van der Waals surface area (Å²) in [6.45, 7) is 11.6. The van der Waals surface area contributed by atoms with Gasteiger partial charge in [0.1, 0.15) is 6.61 Å². The molecule has 7 atom stereocenters. The maximum atomic E-state index is 10.1. The zero-order valence-corrected chi connectivity index (χ0v) is 23.8. The first-order valence-corrected chi connectivity index (χ1v) is 14.6. The Morgan fingerprint density at radius 1 is 0.971 bits per heavy atom. The molecule has 4 heteroatoms. The number of hydrogen-bond donors (Lipinski definition) is 1. The Hall–Kier alpha value is -0.420. The fraction of sp³-hybridized carbons (Fsp3) is 0.935. The minimum absolute atomic E-state index is 0.282. The van der Waals surface area contributed by atoms with Crippen molar-refractivity contribution in [1.29, 1.82) is 0 Å². The summed E-state index contributed by atoms with van der Waals surface area (Å²) >= 11 is 0. The molecule has 3 fully saturated rings. The topological polar surface area (TPSA) is 47.9 Å². The van der Waals surface area contributed by atoms with E-state index in [0.29, 0.717) is 17.4 Å². The van der Waals surface area contributed by atoms with Crippen LogP contribution >= 0.6 is 0 Å². The summed E-state index contributed by atoms with van der Waals surface area (Å²) in [6, 6.07) is 0. The zero-order chi connectivity index (χ0) is 25.5. The van der Waals surface area contributed by atoms with E-state index in [-0.39, 0.29) is 6.10 Å². The second-order valence-corrected chi connectivity index (χ2v) is 13.9. The first-order chi connectivity index (χ1) is 16.4. The molecule has 4 aliphatic carbocycles. The van der Waals surface area contributed by atoms with E-state index in [1.165, 1.54) is 51.4 Å². The number of ether oxygens (including phenoxy) is 3. The minimum Gasteiger partial charge on any atom is -0.390 e. The number of unbranched alkanes of at least 4 members (excludes halogenated alkanes) is 1.